The van der Waals surface area contributed by atoms with E-state index >= 15 is 0 Å². The fraction of sp³-hybridized carbons (Fsp3) is 0.875. The molecule has 0 aromatic rings. The Kier molecular flexibility index (Phi) is 2.88. The Morgan fingerprint density at radius 1 is 1.73 bits per heavy atom. The number of hydrogen-bond acceptors (Lipinski definition) is 2. The molecular formula is C8H16N2O. The van der Waals surface area contributed by atoms with Gasteiger partial charge in [0.2, 0.25) is 5.91 Å². The maximum absolute atomic E-state index is 11.2. The van der Waals surface area contributed by atoms with Crippen LogP contribution in [0, 0.1) is 5.92 Å². The van der Waals surface area contributed by atoms with Crippen molar-refractivity contribution in [1.82, 2.24) is 5.32 Å². The quantitative estimate of drug-likeness (QED) is 0.615. The molecular weight excluding hydrogens is 140 g/mol. The number of amides is 1. The normalized spacial score (nSPS) is 20.5. The summed E-state index contributed by atoms with van der Waals surface area (Å²) >= 11 is 0. The minimum atomic E-state index is 0.128. The molecule has 0 heterocycles. The molecule has 3 heteroatoms. The molecule has 0 aromatic heterocycles. The van der Waals surface area contributed by atoms with E-state index in [2.05, 4.69) is 5.32 Å². The second-order valence-corrected chi connectivity index (χ2v) is 3.27. The van der Waals surface area contributed by atoms with Gasteiger partial charge in [-0.2, -0.15) is 0 Å². The third-order valence-electron chi connectivity index (χ3n) is 2.22. The number of nitrogens with two attached hydrogens (primary N) is 1. The Morgan fingerprint density at radius 3 is 2.73 bits per heavy atom. The van der Waals surface area contributed by atoms with Crippen LogP contribution in [0.4, 0.5) is 0 Å². The summed E-state index contributed by atoms with van der Waals surface area (Å²) in [6.07, 6.45) is 3.32. The topological polar surface area (TPSA) is 55.1 Å². The molecule has 1 saturated carbocycles. The molecule has 3 N–H and O–H groups in total. The minimum Gasteiger partial charge on any atom is -0.352 e. The zero-order valence-electron chi connectivity index (χ0n) is 6.97. The highest BCUT2D eigenvalue weighted by molar-refractivity contribution is 5.79. The summed E-state index contributed by atoms with van der Waals surface area (Å²) in [7, 11) is 0. The zero-order valence-corrected chi connectivity index (χ0v) is 6.97. The molecule has 0 bridgehead atoms. The molecule has 1 fully saturated rings. The van der Waals surface area contributed by atoms with E-state index in [9.17, 15) is 4.79 Å². The Hall–Kier alpha value is -0.570. The number of rotatable bonds is 3. The highest BCUT2D eigenvalue weighted by Crippen LogP contribution is 2.26. The van der Waals surface area contributed by atoms with E-state index in [-0.39, 0.29) is 17.9 Å². The lowest BCUT2D eigenvalue weighted by molar-refractivity contribution is -0.127. The van der Waals surface area contributed by atoms with Gasteiger partial charge in [-0.15, -0.1) is 0 Å². The van der Waals surface area contributed by atoms with Gasteiger partial charge in [0.1, 0.15) is 0 Å². The third-order valence-corrected chi connectivity index (χ3v) is 2.22. The largest absolute Gasteiger partial charge is 0.352 e. The van der Waals surface area contributed by atoms with Gasteiger partial charge < -0.3 is 11.1 Å². The van der Waals surface area contributed by atoms with Crippen LogP contribution in [0.1, 0.15) is 26.2 Å². The van der Waals surface area contributed by atoms with Crippen LogP contribution in [-0.4, -0.2) is 18.5 Å². The van der Waals surface area contributed by atoms with E-state index < -0.39 is 0 Å². The van der Waals surface area contributed by atoms with Crippen molar-refractivity contribution in [2.45, 2.75) is 32.2 Å². The van der Waals surface area contributed by atoms with Gasteiger partial charge in [-0.3, -0.25) is 4.79 Å². The molecule has 0 spiro atoms. The molecule has 1 aliphatic carbocycles. The molecule has 0 saturated heterocycles. The predicted octanol–water partition coefficient (Wildman–Crippen LogP) is 0.250. The zero-order chi connectivity index (χ0) is 8.27. The lowest BCUT2D eigenvalue weighted by Crippen LogP contribution is -2.42. The first-order chi connectivity index (χ1) is 5.24. The fourth-order valence-electron chi connectivity index (χ4n) is 1.09. The van der Waals surface area contributed by atoms with Crippen molar-refractivity contribution >= 4 is 5.91 Å². The Bertz CT molecular complexity index is 143. The average Bonchev–Trinajstić information content (AvgIpc) is 1.83. The van der Waals surface area contributed by atoms with Gasteiger partial charge in [0.05, 0.1) is 0 Å². The molecule has 0 aliphatic heterocycles. The van der Waals surface area contributed by atoms with E-state index in [1.807, 2.05) is 6.92 Å². The van der Waals surface area contributed by atoms with Gasteiger partial charge in [0.15, 0.2) is 0 Å². The standard InChI is InChI=1S/C8H16N2O/c1-6(5-9)10-8(11)7-3-2-4-7/h6-7H,2-5,9H2,1H3,(H,10,11). The van der Waals surface area contributed by atoms with E-state index in [1.165, 1.54) is 6.42 Å². The van der Waals surface area contributed by atoms with Crippen molar-refractivity contribution in [3.8, 4) is 0 Å². The number of carbonyl (C=O) groups is 1. The summed E-state index contributed by atoms with van der Waals surface area (Å²) in [5.41, 5.74) is 5.37. The molecule has 1 atom stereocenters. The summed E-state index contributed by atoms with van der Waals surface area (Å²) in [5.74, 6) is 0.471. The Balaban J connectivity index is 2.19. The molecule has 0 radical (unpaired) electrons. The molecule has 1 unspecified atom stereocenters. The van der Waals surface area contributed by atoms with Gasteiger partial charge in [-0.1, -0.05) is 6.42 Å². The second kappa shape index (κ2) is 3.72. The smallest absolute Gasteiger partial charge is 0.223 e. The first kappa shape index (κ1) is 8.53. The average molecular weight is 156 g/mol. The van der Waals surface area contributed by atoms with Crippen LogP contribution in [0.2, 0.25) is 0 Å². The van der Waals surface area contributed by atoms with Crippen molar-refractivity contribution in [3.63, 3.8) is 0 Å². The highest BCUT2D eigenvalue weighted by atomic mass is 16.1. The van der Waals surface area contributed by atoms with Gasteiger partial charge in [-0.25, -0.2) is 0 Å². The predicted molar refractivity (Wildman–Crippen MR) is 44.0 cm³/mol. The van der Waals surface area contributed by atoms with Gasteiger partial charge in [-0.05, 0) is 19.8 Å². The van der Waals surface area contributed by atoms with Crippen LogP contribution in [0.5, 0.6) is 0 Å². The number of carbonyl (C=O) groups excluding carboxylic acids is 1. The van der Waals surface area contributed by atoms with Gasteiger partial charge in [0, 0.05) is 18.5 Å². The summed E-state index contributed by atoms with van der Waals surface area (Å²) in [6, 6.07) is 0.128. The van der Waals surface area contributed by atoms with Crippen LogP contribution in [-0.2, 0) is 4.79 Å². The van der Waals surface area contributed by atoms with Crippen molar-refractivity contribution < 1.29 is 4.79 Å². The lowest BCUT2D eigenvalue weighted by Gasteiger charge is -2.25. The van der Waals surface area contributed by atoms with Crippen LogP contribution in [0.15, 0.2) is 0 Å². The molecule has 11 heavy (non-hydrogen) atoms. The minimum absolute atomic E-state index is 0.128. The first-order valence-electron chi connectivity index (χ1n) is 4.24. The van der Waals surface area contributed by atoms with E-state index in [1.54, 1.807) is 0 Å². The van der Waals surface area contributed by atoms with E-state index in [4.69, 9.17) is 5.73 Å². The molecule has 64 valence electrons. The van der Waals surface area contributed by atoms with Crippen molar-refractivity contribution in [2.75, 3.05) is 6.54 Å². The third kappa shape index (κ3) is 2.19. The van der Waals surface area contributed by atoms with Crippen LogP contribution in [0.25, 0.3) is 0 Å². The fourth-order valence-corrected chi connectivity index (χ4v) is 1.09. The molecule has 1 rings (SSSR count). The SMILES string of the molecule is CC(CN)NC(=O)C1CCC1. The van der Waals surface area contributed by atoms with Crippen molar-refractivity contribution in [1.29, 1.82) is 0 Å². The summed E-state index contributed by atoms with van der Waals surface area (Å²) in [5, 5.41) is 2.87. The number of nitrogens with one attached hydrogen (secondary N) is 1. The molecule has 1 aliphatic rings. The molecule has 1 amide bonds. The Morgan fingerprint density at radius 2 is 2.36 bits per heavy atom. The van der Waals surface area contributed by atoms with E-state index in [0.29, 0.717) is 6.54 Å². The Labute approximate surface area is 67.3 Å². The van der Waals surface area contributed by atoms with Crippen LogP contribution >= 0.6 is 0 Å². The molecule has 0 aromatic carbocycles. The van der Waals surface area contributed by atoms with E-state index in [0.717, 1.165) is 12.8 Å². The highest BCUT2D eigenvalue weighted by Gasteiger charge is 2.25. The monoisotopic (exact) mass is 156 g/mol. The van der Waals surface area contributed by atoms with Crippen molar-refractivity contribution in [2.24, 2.45) is 11.7 Å². The number of hydrogen-bond donors (Lipinski definition) is 2. The van der Waals surface area contributed by atoms with Crippen LogP contribution < -0.4 is 11.1 Å². The summed E-state index contributed by atoms with van der Waals surface area (Å²) < 4.78 is 0. The molecule has 3 nitrogen and oxygen atoms in total. The summed E-state index contributed by atoms with van der Waals surface area (Å²) in [4.78, 5) is 11.2. The first-order valence-corrected chi connectivity index (χ1v) is 4.24. The van der Waals surface area contributed by atoms with Crippen molar-refractivity contribution in [3.05, 3.63) is 0 Å². The van der Waals surface area contributed by atoms with Crippen LogP contribution in [0.3, 0.4) is 0 Å². The van der Waals surface area contributed by atoms with Gasteiger partial charge in [0.25, 0.3) is 0 Å². The maximum atomic E-state index is 11.2. The maximum Gasteiger partial charge on any atom is 0.223 e. The second-order valence-electron chi connectivity index (χ2n) is 3.27. The summed E-state index contributed by atoms with van der Waals surface area (Å²) in [6.45, 7) is 2.45. The lowest BCUT2D eigenvalue weighted by atomic mass is 9.84. The van der Waals surface area contributed by atoms with Gasteiger partial charge >= 0.3 is 0 Å².